The molecular weight excluding hydrogens is 492 g/mol. The van der Waals surface area contributed by atoms with Crippen LogP contribution in [0.2, 0.25) is 0 Å². The first kappa shape index (κ1) is 33.8. The van der Waals surface area contributed by atoms with E-state index in [1.165, 1.54) is 116 Å². The Hall–Kier alpha value is -2.36. The highest BCUT2D eigenvalue weighted by atomic mass is 16.5. The number of rotatable bonds is 25. The van der Waals surface area contributed by atoms with E-state index in [0.717, 1.165) is 41.2 Å². The van der Waals surface area contributed by atoms with Crippen LogP contribution in [0.5, 0.6) is 11.5 Å². The topological polar surface area (TPSA) is 70.5 Å². The van der Waals surface area contributed by atoms with Gasteiger partial charge in [0.25, 0.3) is 0 Å². The minimum Gasteiger partial charge on any atom is -0.490 e. The van der Waals surface area contributed by atoms with Crippen LogP contribution in [0.3, 0.4) is 0 Å². The van der Waals surface area contributed by atoms with Crippen molar-refractivity contribution in [3.05, 3.63) is 36.4 Å². The van der Waals surface area contributed by atoms with Crippen LogP contribution < -0.4 is 20.9 Å². The molecule has 0 saturated heterocycles. The lowest BCUT2D eigenvalue weighted by molar-refractivity contribution is 0.259. The maximum Gasteiger partial charge on any atom is 0.169 e. The molecule has 2 aromatic carbocycles. The lowest BCUT2D eigenvalue weighted by Crippen LogP contribution is -2.05. The molecule has 4 N–H and O–H groups in total. The highest BCUT2D eigenvalue weighted by Crippen LogP contribution is 2.41. The number of ether oxygens (including phenoxy) is 2. The van der Waals surface area contributed by atoms with Crippen molar-refractivity contribution in [2.75, 3.05) is 24.7 Å². The molecule has 0 saturated carbocycles. The van der Waals surface area contributed by atoms with E-state index in [4.69, 9.17) is 20.9 Å². The third-order valence-electron chi connectivity index (χ3n) is 7.77. The van der Waals surface area contributed by atoms with E-state index in [2.05, 4.69) is 19.9 Å². The minimum atomic E-state index is 0.682. The zero-order valence-electron chi connectivity index (χ0n) is 26.0. The first-order chi connectivity index (χ1) is 19.7. The molecule has 0 aliphatic rings. The Labute approximate surface area is 246 Å². The number of hydrogen-bond donors (Lipinski definition) is 2. The van der Waals surface area contributed by atoms with Gasteiger partial charge in [-0.2, -0.15) is 0 Å². The zero-order chi connectivity index (χ0) is 28.7. The number of benzene rings is 2. The number of nitrogen functional groups attached to an aromatic ring is 2. The minimum absolute atomic E-state index is 0.682. The van der Waals surface area contributed by atoms with Crippen LogP contribution in [-0.2, 0) is 0 Å². The summed E-state index contributed by atoms with van der Waals surface area (Å²) in [6.45, 7) is 5.92. The molecule has 226 valence electrons. The van der Waals surface area contributed by atoms with Gasteiger partial charge in [0.05, 0.1) is 13.2 Å². The molecule has 0 aromatic heterocycles. The van der Waals surface area contributed by atoms with Crippen molar-refractivity contribution in [1.29, 1.82) is 0 Å². The molecule has 4 heteroatoms. The molecule has 0 bridgehead atoms. The van der Waals surface area contributed by atoms with Gasteiger partial charge in [-0.1, -0.05) is 142 Å². The van der Waals surface area contributed by atoms with Crippen molar-refractivity contribution >= 4 is 11.4 Å². The van der Waals surface area contributed by atoms with E-state index in [0.29, 0.717) is 18.9 Å². The number of unbranched alkanes of at least 4 members (excludes halogenated alkanes) is 18. The summed E-state index contributed by atoms with van der Waals surface area (Å²) in [5.74, 6) is 1.54. The van der Waals surface area contributed by atoms with Gasteiger partial charge >= 0.3 is 0 Å². The normalized spacial score (nSPS) is 11.2. The quantitative estimate of drug-likeness (QED) is 0.0949. The van der Waals surface area contributed by atoms with E-state index in [1.54, 1.807) is 0 Å². The third-order valence-corrected chi connectivity index (χ3v) is 7.77. The molecular formula is C36H60N2O2. The Morgan fingerprint density at radius 3 is 1.48 bits per heavy atom. The van der Waals surface area contributed by atoms with Crippen molar-refractivity contribution in [2.24, 2.45) is 0 Å². The summed E-state index contributed by atoms with van der Waals surface area (Å²) in [5.41, 5.74) is 15.8. The predicted molar refractivity (Wildman–Crippen MR) is 175 cm³/mol. The zero-order valence-corrected chi connectivity index (χ0v) is 26.0. The van der Waals surface area contributed by atoms with Gasteiger partial charge in [-0.3, -0.25) is 0 Å². The van der Waals surface area contributed by atoms with E-state index in [1.807, 2.05) is 30.3 Å². The lowest BCUT2D eigenvalue weighted by atomic mass is 10.0. The summed E-state index contributed by atoms with van der Waals surface area (Å²) in [6, 6.07) is 11.8. The molecule has 0 amide bonds. The van der Waals surface area contributed by atoms with Crippen LogP contribution in [0.4, 0.5) is 11.4 Å². The van der Waals surface area contributed by atoms with Gasteiger partial charge in [0.15, 0.2) is 11.5 Å². The lowest BCUT2D eigenvalue weighted by Gasteiger charge is -2.18. The monoisotopic (exact) mass is 552 g/mol. The Morgan fingerprint density at radius 1 is 0.500 bits per heavy atom. The van der Waals surface area contributed by atoms with Crippen LogP contribution in [0.25, 0.3) is 11.1 Å². The summed E-state index contributed by atoms with van der Waals surface area (Å²) in [6.07, 6.45) is 26.2. The molecule has 0 fully saturated rings. The summed E-state index contributed by atoms with van der Waals surface area (Å²) < 4.78 is 12.7. The second-order valence-electron chi connectivity index (χ2n) is 11.6. The highest BCUT2D eigenvalue weighted by Gasteiger charge is 2.15. The predicted octanol–water partition coefficient (Wildman–Crippen LogP) is 11.1. The molecule has 0 aliphatic heterocycles. The van der Waals surface area contributed by atoms with E-state index < -0.39 is 0 Å². The average molecular weight is 553 g/mol. The molecule has 4 nitrogen and oxygen atoms in total. The smallest absolute Gasteiger partial charge is 0.169 e. The SMILES string of the molecule is CCCCCCCCCCCCOc1cc(N)cc(-c2cccc(N)c2)c1OCCCCCCCCCCCC. The van der Waals surface area contributed by atoms with Crippen LogP contribution in [-0.4, -0.2) is 13.2 Å². The van der Waals surface area contributed by atoms with Gasteiger partial charge in [-0.25, -0.2) is 0 Å². The molecule has 0 heterocycles. The largest absolute Gasteiger partial charge is 0.490 e. The van der Waals surface area contributed by atoms with E-state index in [9.17, 15) is 0 Å². The summed E-state index contributed by atoms with van der Waals surface area (Å²) in [4.78, 5) is 0. The number of hydrogen-bond acceptors (Lipinski definition) is 4. The highest BCUT2D eigenvalue weighted by molar-refractivity contribution is 5.79. The first-order valence-electron chi connectivity index (χ1n) is 16.7. The average Bonchev–Trinajstić information content (AvgIpc) is 2.95. The van der Waals surface area contributed by atoms with Gasteiger partial charge in [0.2, 0.25) is 0 Å². The Kier molecular flexibility index (Phi) is 18.9. The Balaban J connectivity index is 1.83. The molecule has 0 spiro atoms. The van der Waals surface area contributed by atoms with Crippen LogP contribution in [0.15, 0.2) is 36.4 Å². The van der Waals surface area contributed by atoms with Crippen molar-refractivity contribution in [3.63, 3.8) is 0 Å². The molecule has 2 aromatic rings. The molecule has 0 aliphatic carbocycles. The fourth-order valence-electron chi connectivity index (χ4n) is 5.34. The second-order valence-corrected chi connectivity index (χ2v) is 11.6. The van der Waals surface area contributed by atoms with Gasteiger partial charge in [0.1, 0.15) is 0 Å². The number of anilines is 2. The Morgan fingerprint density at radius 2 is 0.975 bits per heavy atom. The van der Waals surface area contributed by atoms with Crippen LogP contribution in [0, 0.1) is 0 Å². The van der Waals surface area contributed by atoms with E-state index >= 15 is 0 Å². The van der Waals surface area contributed by atoms with Gasteiger partial charge in [-0.15, -0.1) is 0 Å². The van der Waals surface area contributed by atoms with Crippen molar-refractivity contribution < 1.29 is 9.47 Å². The fraction of sp³-hybridized carbons (Fsp3) is 0.667. The van der Waals surface area contributed by atoms with Crippen molar-refractivity contribution in [2.45, 2.75) is 142 Å². The van der Waals surface area contributed by atoms with Crippen molar-refractivity contribution in [3.8, 4) is 22.6 Å². The fourth-order valence-corrected chi connectivity index (χ4v) is 5.34. The number of nitrogens with two attached hydrogens (primary N) is 2. The second kappa shape index (κ2) is 22.3. The summed E-state index contributed by atoms with van der Waals surface area (Å²) >= 11 is 0. The molecule has 0 unspecified atom stereocenters. The van der Waals surface area contributed by atoms with Crippen LogP contribution >= 0.6 is 0 Å². The maximum absolute atomic E-state index is 6.42. The van der Waals surface area contributed by atoms with Crippen LogP contribution in [0.1, 0.15) is 142 Å². The first-order valence-corrected chi connectivity index (χ1v) is 16.7. The summed E-state index contributed by atoms with van der Waals surface area (Å²) in [7, 11) is 0. The standard InChI is InChI=1S/C36H60N2O2/c1-3-5-7-9-11-13-15-17-19-21-26-39-35-30-33(38)29-34(31-24-23-25-32(37)28-31)36(35)40-27-22-20-18-16-14-12-10-8-6-4-2/h23-25,28-30H,3-22,26-27,37-38H2,1-2H3. The van der Waals surface area contributed by atoms with Crippen molar-refractivity contribution in [1.82, 2.24) is 0 Å². The van der Waals surface area contributed by atoms with Gasteiger partial charge in [0, 0.05) is 23.0 Å². The molecule has 2 rings (SSSR count). The van der Waals surface area contributed by atoms with Gasteiger partial charge < -0.3 is 20.9 Å². The van der Waals surface area contributed by atoms with E-state index in [-0.39, 0.29) is 0 Å². The molecule has 0 atom stereocenters. The molecule has 0 radical (unpaired) electrons. The molecule has 40 heavy (non-hydrogen) atoms. The maximum atomic E-state index is 6.42. The third kappa shape index (κ3) is 14.9. The summed E-state index contributed by atoms with van der Waals surface area (Å²) in [5, 5.41) is 0. The van der Waals surface area contributed by atoms with Gasteiger partial charge in [-0.05, 0) is 36.6 Å². The Bertz CT molecular complexity index is 898.